The average Bonchev–Trinajstić information content (AvgIpc) is 2.20. The second-order valence-electron chi connectivity index (χ2n) is 2.71. The summed E-state index contributed by atoms with van der Waals surface area (Å²) >= 11 is 7.99. The Labute approximate surface area is 94.8 Å². The molecule has 2 aromatic rings. The minimum absolute atomic E-state index is 0.583. The number of halogens is 1. The molecule has 0 atom stereocenters. The SMILES string of the molecule is S=C=Nc1cc2c(Br)cccc2cn1. The number of rotatable bonds is 1. The number of thiocarbonyl (C=S) groups is 1. The van der Waals surface area contributed by atoms with Gasteiger partial charge in [-0.15, -0.1) is 0 Å². The van der Waals surface area contributed by atoms with Crippen LogP contribution in [0, 0.1) is 0 Å². The van der Waals surface area contributed by atoms with E-state index in [0.29, 0.717) is 5.82 Å². The summed E-state index contributed by atoms with van der Waals surface area (Å²) in [4.78, 5) is 7.95. The maximum Gasteiger partial charge on any atom is 0.163 e. The van der Waals surface area contributed by atoms with Crippen LogP contribution in [0.2, 0.25) is 0 Å². The summed E-state index contributed by atoms with van der Waals surface area (Å²) in [6.07, 6.45) is 1.77. The third kappa shape index (κ3) is 1.73. The molecule has 0 saturated carbocycles. The molecular formula is C10H5BrN2S. The molecule has 0 saturated heterocycles. The highest BCUT2D eigenvalue weighted by molar-refractivity contribution is 9.10. The Hall–Kier alpha value is -1.09. The first-order valence-electron chi connectivity index (χ1n) is 3.93. The van der Waals surface area contributed by atoms with E-state index in [2.05, 4.69) is 43.3 Å². The van der Waals surface area contributed by atoms with E-state index in [1.807, 2.05) is 24.3 Å². The van der Waals surface area contributed by atoms with Crippen LogP contribution in [0.5, 0.6) is 0 Å². The fraction of sp³-hybridized carbons (Fsp3) is 0. The van der Waals surface area contributed by atoms with E-state index < -0.39 is 0 Å². The molecule has 0 N–H and O–H groups in total. The van der Waals surface area contributed by atoms with Gasteiger partial charge in [-0.1, -0.05) is 28.1 Å². The van der Waals surface area contributed by atoms with Crippen LogP contribution in [0.4, 0.5) is 5.82 Å². The van der Waals surface area contributed by atoms with E-state index in [1.165, 1.54) is 0 Å². The van der Waals surface area contributed by atoms with Crippen LogP contribution in [0.3, 0.4) is 0 Å². The highest BCUT2D eigenvalue weighted by Crippen LogP contribution is 2.25. The number of hydrogen-bond acceptors (Lipinski definition) is 3. The molecule has 0 aliphatic carbocycles. The number of nitrogens with zero attached hydrogens (tertiary/aromatic N) is 2. The van der Waals surface area contributed by atoms with E-state index >= 15 is 0 Å². The van der Waals surface area contributed by atoms with Gasteiger partial charge in [-0.3, -0.25) is 0 Å². The van der Waals surface area contributed by atoms with Gasteiger partial charge in [-0.25, -0.2) is 4.98 Å². The van der Waals surface area contributed by atoms with Crippen molar-refractivity contribution < 1.29 is 0 Å². The van der Waals surface area contributed by atoms with E-state index in [4.69, 9.17) is 0 Å². The predicted octanol–water partition coefficient (Wildman–Crippen LogP) is 3.73. The maximum absolute atomic E-state index is 4.52. The predicted molar refractivity (Wildman–Crippen MR) is 64.1 cm³/mol. The summed E-state index contributed by atoms with van der Waals surface area (Å²) in [7, 11) is 0. The van der Waals surface area contributed by atoms with E-state index in [0.717, 1.165) is 15.2 Å². The van der Waals surface area contributed by atoms with Crippen LogP contribution in [-0.4, -0.2) is 10.1 Å². The van der Waals surface area contributed by atoms with Crippen molar-refractivity contribution in [3.63, 3.8) is 0 Å². The minimum Gasteiger partial charge on any atom is -0.236 e. The Morgan fingerprint density at radius 2 is 2.29 bits per heavy atom. The van der Waals surface area contributed by atoms with Crippen LogP contribution >= 0.6 is 28.1 Å². The molecule has 1 aromatic heterocycles. The van der Waals surface area contributed by atoms with Gasteiger partial charge in [-0.05, 0) is 24.4 Å². The molecule has 0 amide bonds. The molecule has 4 heteroatoms. The third-order valence-electron chi connectivity index (χ3n) is 1.86. The number of isothiocyanates is 1. The smallest absolute Gasteiger partial charge is 0.163 e. The second kappa shape index (κ2) is 3.96. The molecule has 0 unspecified atom stereocenters. The molecule has 0 aliphatic rings. The second-order valence-corrected chi connectivity index (χ2v) is 3.74. The zero-order valence-corrected chi connectivity index (χ0v) is 9.47. The van der Waals surface area contributed by atoms with Crippen molar-refractivity contribution in [2.24, 2.45) is 4.99 Å². The van der Waals surface area contributed by atoms with Gasteiger partial charge in [-0.2, -0.15) is 4.99 Å². The van der Waals surface area contributed by atoms with Crippen LogP contribution in [0.25, 0.3) is 10.8 Å². The van der Waals surface area contributed by atoms with Gasteiger partial charge in [0.05, 0.1) is 5.16 Å². The number of pyridine rings is 1. The number of aromatic nitrogens is 1. The largest absolute Gasteiger partial charge is 0.236 e. The van der Waals surface area contributed by atoms with Crippen molar-refractivity contribution >= 4 is 49.9 Å². The summed E-state index contributed by atoms with van der Waals surface area (Å²) in [5, 5.41) is 4.45. The molecule has 1 heterocycles. The average molecular weight is 265 g/mol. The first-order chi connectivity index (χ1) is 6.81. The highest BCUT2D eigenvalue weighted by atomic mass is 79.9. The molecule has 14 heavy (non-hydrogen) atoms. The Morgan fingerprint density at radius 3 is 3.07 bits per heavy atom. The zero-order chi connectivity index (χ0) is 9.97. The van der Waals surface area contributed by atoms with Crippen molar-refractivity contribution in [2.45, 2.75) is 0 Å². The lowest BCUT2D eigenvalue weighted by Crippen LogP contribution is -1.77. The van der Waals surface area contributed by atoms with Gasteiger partial charge in [0.1, 0.15) is 0 Å². The summed E-state index contributed by atoms with van der Waals surface area (Å²) in [5.74, 6) is 0.583. The lowest BCUT2D eigenvalue weighted by Gasteiger charge is -1.99. The molecule has 1 aromatic carbocycles. The van der Waals surface area contributed by atoms with Gasteiger partial charge in [0.25, 0.3) is 0 Å². The maximum atomic E-state index is 4.52. The fourth-order valence-corrected chi connectivity index (χ4v) is 1.82. The number of aliphatic imine (C=N–C) groups is 1. The molecule has 0 radical (unpaired) electrons. The molecule has 2 rings (SSSR count). The number of benzene rings is 1. The first-order valence-corrected chi connectivity index (χ1v) is 5.13. The molecule has 0 aliphatic heterocycles. The van der Waals surface area contributed by atoms with Gasteiger partial charge in [0.15, 0.2) is 5.82 Å². The molecule has 0 spiro atoms. The quantitative estimate of drug-likeness (QED) is 0.579. The van der Waals surface area contributed by atoms with Crippen molar-refractivity contribution in [3.05, 3.63) is 34.9 Å². The van der Waals surface area contributed by atoms with Gasteiger partial charge >= 0.3 is 0 Å². The Morgan fingerprint density at radius 1 is 1.43 bits per heavy atom. The van der Waals surface area contributed by atoms with Crippen molar-refractivity contribution in [2.75, 3.05) is 0 Å². The minimum atomic E-state index is 0.583. The van der Waals surface area contributed by atoms with E-state index in [-0.39, 0.29) is 0 Å². The molecular weight excluding hydrogens is 260 g/mol. The number of hydrogen-bond donors (Lipinski definition) is 0. The molecule has 68 valence electrons. The van der Waals surface area contributed by atoms with Crippen LogP contribution in [-0.2, 0) is 0 Å². The zero-order valence-electron chi connectivity index (χ0n) is 7.07. The van der Waals surface area contributed by atoms with Gasteiger partial charge in [0, 0.05) is 21.4 Å². The highest BCUT2D eigenvalue weighted by Gasteiger charge is 1.99. The normalized spacial score (nSPS) is 9.79. The van der Waals surface area contributed by atoms with Crippen molar-refractivity contribution in [1.82, 2.24) is 4.98 Å². The number of fused-ring (bicyclic) bond motifs is 1. The van der Waals surface area contributed by atoms with Crippen LogP contribution < -0.4 is 0 Å². The monoisotopic (exact) mass is 264 g/mol. The lowest BCUT2D eigenvalue weighted by atomic mass is 10.2. The standard InChI is InChI=1S/C10H5BrN2S/c11-9-3-1-2-7-5-12-10(13-6-14)4-8(7)9/h1-5H. The van der Waals surface area contributed by atoms with Gasteiger partial charge < -0.3 is 0 Å². The summed E-state index contributed by atoms with van der Waals surface area (Å²) in [5.41, 5.74) is 0. The summed E-state index contributed by atoms with van der Waals surface area (Å²) < 4.78 is 1.03. The van der Waals surface area contributed by atoms with Crippen LogP contribution in [0.15, 0.2) is 39.9 Å². The Bertz CT molecular complexity index is 533. The third-order valence-corrected chi connectivity index (χ3v) is 2.64. The summed E-state index contributed by atoms with van der Waals surface area (Å²) in [6.45, 7) is 0. The van der Waals surface area contributed by atoms with Crippen LogP contribution in [0.1, 0.15) is 0 Å². The van der Waals surface area contributed by atoms with E-state index in [1.54, 1.807) is 6.20 Å². The van der Waals surface area contributed by atoms with Crippen molar-refractivity contribution in [1.29, 1.82) is 0 Å². The topological polar surface area (TPSA) is 25.2 Å². The Balaban J connectivity index is 2.75. The molecule has 2 nitrogen and oxygen atoms in total. The van der Waals surface area contributed by atoms with Gasteiger partial charge in [0.2, 0.25) is 0 Å². The van der Waals surface area contributed by atoms with Crippen molar-refractivity contribution in [3.8, 4) is 0 Å². The molecule has 0 bridgehead atoms. The fourth-order valence-electron chi connectivity index (χ4n) is 1.23. The van der Waals surface area contributed by atoms with E-state index in [9.17, 15) is 0 Å². The lowest BCUT2D eigenvalue weighted by molar-refractivity contribution is 1.31. The summed E-state index contributed by atoms with van der Waals surface area (Å²) in [6, 6.07) is 7.82. The molecule has 0 fully saturated rings. The Kier molecular flexibility index (Phi) is 2.68. The first kappa shape index (κ1) is 9.46.